The van der Waals surface area contributed by atoms with Crippen LogP contribution >= 0.6 is 11.6 Å². The number of nitrogens with zero attached hydrogens (tertiary/aromatic N) is 1. The molecule has 1 heterocycles. The van der Waals surface area contributed by atoms with E-state index in [0.717, 1.165) is 5.56 Å². The third-order valence-electron chi connectivity index (χ3n) is 5.36. The lowest BCUT2D eigenvalue weighted by Crippen LogP contribution is -2.32. The molecule has 0 spiro atoms. The minimum absolute atomic E-state index is 0.0458. The fourth-order valence-corrected chi connectivity index (χ4v) is 3.94. The van der Waals surface area contributed by atoms with Gasteiger partial charge in [-0.1, -0.05) is 17.7 Å². The van der Waals surface area contributed by atoms with Gasteiger partial charge in [-0.3, -0.25) is 9.59 Å². The van der Waals surface area contributed by atoms with Gasteiger partial charge in [0.25, 0.3) is 11.7 Å². The average molecular weight is 446 g/mol. The summed E-state index contributed by atoms with van der Waals surface area (Å²) in [5, 5.41) is 21.1. The molecule has 164 valence electrons. The van der Waals surface area contributed by atoms with Crippen LogP contribution in [0.15, 0.2) is 35.9 Å². The van der Waals surface area contributed by atoms with Gasteiger partial charge in [-0.15, -0.1) is 0 Å². The molecule has 0 radical (unpaired) electrons. The van der Waals surface area contributed by atoms with Crippen molar-refractivity contribution in [1.29, 1.82) is 0 Å². The summed E-state index contributed by atoms with van der Waals surface area (Å²) in [7, 11) is 3.05. The molecule has 3 rings (SSSR count). The van der Waals surface area contributed by atoms with Crippen molar-refractivity contribution in [3.05, 3.63) is 63.2 Å². The Balaban J connectivity index is 2.23. The summed E-state index contributed by atoms with van der Waals surface area (Å²) in [5.74, 6) is -1.29. The van der Waals surface area contributed by atoms with Gasteiger partial charge in [0.05, 0.1) is 30.4 Å². The van der Waals surface area contributed by atoms with Gasteiger partial charge in [0.2, 0.25) is 0 Å². The summed E-state index contributed by atoms with van der Waals surface area (Å²) in [6, 6.07) is 7.03. The number of ether oxygens (including phenoxy) is 2. The van der Waals surface area contributed by atoms with Gasteiger partial charge in [-0.2, -0.15) is 0 Å². The number of benzene rings is 2. The van der Waals surface area contributed by atoms with Gasteiger partial charge in [0.15, 0.2) is 0 Å². The monoisotopic (exact) mass is 445 g/mol. The normalized spacial score (nSPS) is 18.0. The quantitative estimate of drug-likeness (QED) is 0.399. The van der Waals surface area contributed by atoms with Crippen molar-refractivity contribution in [2.45, 2.75) is 19.9 Å². The Morgan fingerprint density at radius 2 is 1.84 bits per heavy atom. The first-order valence-electron chi connectivity index (χ1n) is 9.62. The molecular formula is C23H24ClNO6. The van der Waals surface area contributed by atoms with E-state index in [1.54, 1.807) is 32.2 Å². The third kappa shape index (κ3) is 4.11. The van der Waals surface area contributed by atoms with Crippen LogP contribution in [0.4, 0.5) is 0 Å². The first-order valence-corrected chi connectivity index (χ1v) is 10.00. The Hall–Kier alpha value is -3.03. The van der Waals surface area contributed by atoms with Crippen LogP contribution in [0.5, 0.6) is 11.5 Å². The van der Waals surface area contributed by atoms with Crippen LogP contribution in [0.1, 0.15) is 28.3 Å². The summed E-state index contributed by atoms with van der Waals surface area (Å²) >= 11 is 6.09. The number of carbonyl (C=O) groups is 2. The van der Waals surface area contributed by atoms with Gasteiger partial charge >= 0.3 is 0 Å². The van der Waals surface area contributed by atoms with Crippen LogP contribution < -0.4 is 4.74 Å². The zero-order valence-electron chi connectivity index (χ0n) is 17.7. The Morgan fingerprint density at radius 1 is 1.13 bits per heavy atom. The van der Waals surface area contributed by atoms with E-state index >= 15 is 0 Å². The van der Waals surface area contributed by atoms with Gasteiger partial charge in [0, 0.05) is 19.2 Å². The van der Waals surface area contributed by atoms with E-state index in [2.05, 4.69) is 0 Å². The lowest BCUT2D eigenvalue weighted by Gasteiger charge is -2.25. The molecule has 7 nitrogen and oxygen atoms in total. The number of aromatic hydroxyl groups is 1. The second kappa shape index (κ2) is 8.99. The molecule has 0 aromatic heterocycles. The molecule has 0 saturated carbocycles. The molecule has 0 bridgehead atoms. The summed E-state index contributed by atoms with van der Waals surface area (Å²) in [4.78, 5) is 27.1. The minimum atomic E-state index is -0.880. The van der Waals surface area contributed by atoms with Crippen LogP contribution in [-0.4, -0.2) is 54.2 Å². The number of Topliss-reactive ketones (excluding diaryl/α,β-unsaturated/α-hetero) is 1. The third-order valence-corrected chi connectivity index (χ3v) is 5.66. The van der Waals surface area contributed by atoms with Crippen LogP contribution in [0, 0.1) is 13.8 Å². The van der Waals surface area contributed by atoms with Crippen molar-refractivity contribution in [3.63, 3.8) is 0 Å². The second-order valence-corrected chi connectivity index (χ2v) is 7.74. The van der Waals surface area contributed by atoms with Crippen molar-refractivity contribution in [1.82, 2.24) is 4.90 Å². The number of hydrogen-bond donors (Lipinski definition) is 2. The van der Waals surface area contributed by atoms with Crippen LogP contribution in [0.25, 0.3) is 5.76 Å². The number of ketones is 1. The van der Waals surface area contributed by atoms with Crippen molar-refractivity contribution >= 4 is 29.1 Å². The Bertz CT molecular complexity index is 1080. The highest BCUT2D eigenvalue weighted by Crippen LogP contribution is 2.42. The smallest absolute Gasteiger partial charge is 0.295 e. The minimum Gasteiger partial charge on any atom is -0.507 e. The highest BCUT2D eigenvalue weighted by Gasteiger charge is 2.46. The molecule has 2 aromatic rings. The number of carbonyl (C=O) groups excluding carboxylic acids is 2. The van der Waals surface area contributed by atoms with Crippen molar-refractivity contribution in [2.24, 2.45) is 0 Å². The number of aryl methyl sites for hydroxylation is 2. The molecule has 1 amide bonds. The van der Waals surface area contributed by atoms with E-state index < -0.39 is 17.7 Å². The summed E-state index contributed by atoms with van der Waals surface area (Å²) < 4.78 is 10.4. The molecule has 31 heavy (non-hydrogen) atoms. The van der Waals surface area contributed by atoms with Gasteiger partial charge in [-0.25, -0.2) is 0 Å². The van der Waals surface area contributed by atoms with Crippen LogP contribution in [0.3, 0.4) is 0 Å². The van der Waals surface area contributed by atoms with E-state index in [1.807, 2.05) is 6.92 Å². The molecule has 1 atom stereocenters. The molecule has 1 aliphatic heterocycles. The largest absolute Gasteiger partial charge is 0.507 e. The Morgan fingerprint density at radius 3 is 2.45 bits per heavy atom. The number of amides is 1. The lowest BCUT2D eigenvalue weighted by molar-refractivity contribution is -0.140. The maximum atomic E-state index is 13.0. The number of rotatable bonds is 6. The molecule has 8 heteroatoms. The van der Waals surface area contributed by atoms with E-state index in [4.69, 9.17) is 21.1 Å². The van der Waals surface area contributed by atoms with E-state index in [-0.39, 0.29) is 35.3 Å². The van der Waals surface area contributed by atoms with Crippen molar-refractivity contribution in [3.8, 4) is 11.5 Å². The van der Waals surface area contributed by atoms with Gasteiger partial charge in [0.1, 0.15) is 17.3 Å². The number of aliphatic hydroxyl groups excluding tert-OH is 1. The zero-order chi connectivity index (χ0) is 22.9. The van der Waals surface area contributed by atoms with Crippen LogP contribution in [-0.2, 0) is 14.3 Å². The van der Waals surface area contributed by atoms with Crippen LogP contribution in [0.2, 0.25) is 5.02 Å². The van der Waals surface area contributed by atoms with Gasteiger partial charge in [-0.05, 0) is 54.8 Å². The molecule has 1 saturated heterocycles. The lowest BCUT2D eigenvalue weighted by atomic mass is 9.93. The van der Waals surface area contributed by atoms with E-state index in [0.29, 0.717) is 22.4 Å². The SMILES string of the molecule is COCCN1C(=O)C(=O)/C(=C(/O)c2cc(C)c(OC)cc2C)C1c1ccc(O)c(Cl)c1. The second-order valence-electron chi connectivity index (χ2n) is 7.33. The summed E-state index contributed by atoms with van der Waals surface area (Å²) in [5.41, 5.74) is 2.33. The molecule has 1 unspecified atom stereocenters. The predicted octanol–water partition coefficient (Wildman–Crippen LogP) is 3.74. The number of hydrogen-bond acceptors (Lipinski definition) is 6. The molecule has 1 aliphatic rings. The predicted molar refractivity (Wildman–Crippen MR) is 116 cm³/mol. The molecule has 0 aliphatic carbocycles. The number of likely N-dealkylation sites (tertiary alicyclic amines) is 1. The summed E-state index contributed by atoms with van der Waals surface area (Å²) in [6.07, 6.45) is 0. The summed E-state index contributed by atoms with van der Waals surface area (Å²) in [6.45, 7) is 3.95. The van der Waals surface area contributed by atoms with E-state index in [9.17, 15) is 19.8 Å². The average Bonchev–Trinajstić information content (AvgIpc) is 2.99. The molecule has 1 fully saturated rings. The highest BCUT2D eigenvalue weighted by molar-refractivity contribution is 6.46. The number of halogens is 1. The first-order chi connectivity index (χ1) is 14.7. The topological polar surface area (TPSA) is 96.3 Å². The Kier molecular flexibility index (Phi) is 6.57. The number of methoxy groups -OCH3 is 2. The fourth-order valence-electron chi connectivity index (χ4n) is 3.75. The molecule has 2 N–H and O–H groups in total. The first kappa shape index (κ1) is 22.7. The maximum absolute atomic E-state index is 13.0. The Labute approximate surface area is 185 Å². The molecule has 2 aromatic carbocycles. The zero-order valence-corrected chi connectivity index (χ0v) is 18.5. The molecular weight excluding hydrogens is 422 g/mol. The maximum Gasteiger partial charge on any atom is 0.295 e. The highest BCUT2D eigenvalue weighted by atomic mass is 35.5. The number of phenols is 1. The fraction of sp³-hybridized carbons (Fsp3) is 0.304. The van der Waals surface area contributed by atoms with Gasteiger partial charge < -0.3 is 24.6 Å². The number of phenolic OH excluding ortho intramolecular Hbond substituents is 1. The standard InChI is InChI=1S/C23H24ClNO6/c1-12-10-18(31-4)13(2)9-15(12)21(27)19-20(14-5-6-17(26)16(24)11-14)25(7-8-30-3)23(29)22(19)28/h5-6,9-11,20,26-27H,7-8H2,1-4H3/b21-19+. The number of aliphatic hydroxyl groups is 1. The van der Waals surface area contributed by atoms with Crippen molar-refractivity contribution < 1.29 is 29.3 Å². The van der Waals surface area contributed by atoms with E-state index in [1.165, 1.54) is 24.1 Å². The van der Waals surface area contributed by atoms with Crippen molar-refractivity contribution in [2.75, 3.05) is 27.4 Å².